The fourth-order valence-electron chi connectivity index (χ4n) is 2.08. The number of hydrogen-bond acceptors (Lipinski definition) is 2. The van der Waals surface area contributed by atoms with Gasteiger partial charge in [-0.05, 0) is 17.7 Å². The van der Waals surface area contributed by atoms with Crippen molar-refractivity contribution in [3.63, 3.8) is 0 Å². The van der Waals surface area contributed by atoms with E-state index < -0.39 is 24.9 Å². The maximum absolute atomic E-state index is 12.4. The van der Waals surface area contributed by atoms with E-state index in [1.165, 1.54) is 22.9 Å². The van der Waals surface area contributed by atoms with Gasteiger partial charge in [0, 0.05) is 6.20 Å². The minimum Gasteiger partial charge on any atom is -0.394 e. The number of carbonyl (C=O) groups is 1. The molecule has 0 aliphatic rings. The lowest BCUT2D eigenvalue weighted by Crippen LogP contribution is -2.32. The van der Waals surface area contributed by atoms with E-state index in [9.17, 15) is 18.7 Å². The number of nitrogens with zero attached hydrogens (tertiary/aromatic N) is 1. The molecule has 4 nitrogen and oxygen atoms in total. The molecule has 0 spiro atoms. The Kier molecular flexibility index (Phi) is 5.05. The second-order valence-electron chi connectivity index (χ2n) is 4.56. The van der Waals surface area contributed by atoms with Crippen molar-refractivity contribution in [1.29, 1.82) is 0 Å². The van der Waals surface area contributed by atoms with Gasteiger partial charge in [0.1, 0.15) is 5.69 Å². The van der Waals surface area contributed by atoms with Crippen LogP contribution in [0.4, 0.5) is 8.78 Å². The number of hydrogen-bond donors (Lipinski definition) is 2. The number of carbonyl (C=O) groups excluding carboxylic acids is 1. The first-order chi connectivity index (χ1) is 10.1. The van der Waals surface area contributed by atoms with Gasteiger partial charge in [0.25, 0.3) is 12.3 Å². The molecule has 6 heteroatoms. The van der Waals surface area contributed by atoms with E-state index in [1.807, 2.05) is 6.07 Å². The highest BCUT2D eigenvalue weighted by Crippen LogP contribution is 2.13. The zero-order valence-electron chi connectivity index (χ0n) is 11.2. The van der Waals surface area contributed by atoms with Gasteiger partial charge >= 0.3 is 0 Å². The number of benzene rings is 1. The lowest BCUT2D eigenvalue weighted by Gasteiger charge is -2.17. The fourth-order valence-corrected chi connectivity index (χ4v) is 2.08. The van der Waals surface area contributed by atoms with Crippen LogP contribution in [0.3, 0.4) is 0 Å². The highest BCUT2D eigenvalue weighted by atomic mass is 19.3. The summed E-state index contributed by atoms with van der Waals surface area (Å²) in [6, 6.07) is 11.4. The van der Waals surface area contributed by atoms with Crippen LogP contribution in [0.15, 0.2) is 48.7 Å². The van der Waals surface area contributed by atoms with Gasteiger partial charge in [-0.3, -0.25) is 4.79 Å². The van der Waals surface area contributed by atoms with Gasteiger partial charge in [-0.2, -0.15) is 0 Å². The molecule has 1 heterocycles. The molecule has 0 aliphatic heterocycles. The maximum Gasteiger partial charge on any atom is 0.268 e. The standard InChI is InChI=1S/C15H16F2N2O2/c16-14(17)9-19-8-4-7-13(19)15(21)18-12(10-20)11-5-2-1-3-6-11/h1-8,12,14,20H,9-10H2,(H,18,21). The average molecular weight is 294 g/mol. The van der Waals surface area contributed by atoms with Crippen LogP contribution in [0.1, 0.15) is 22.1 Å². The zero-order valence-corrected chi connectivity index (χ0v) is 11.2. The third kappa shape index (κ3) is 3.88. The van der Waals surface area contributed by atoms with Crippen LogP contribution < -0.4 is 5.32 Å². The SMILES string of the molecule is O=C(NC(CO)c1ccccc1)c1cccn1CC(F)F. The first-order valence-electron chi connectivity index (χ1n) is 6.51. The minimum atomic E-state index is -2.54. The number of halogens is 2. The van der Waals surface area contributed by atoms with Crippen LogP contribution in [-0.2, 0) is 6.54 Å². The predicted molar refractivity (Wildman–Crippen MR) is 74.2 cm³/mol. The minimum absolute atomic E-state index is 0.143. The first kappa shape index (κ1) is 15.2. The summed E-state index contributed by atoms with van der Waals surface area (Å²) in [6.45, 7) is -0.809. The summed E-state index contributed by atoms with van der Waals surface area (Å²) in [5.74, 6) is -0.497. The summed E-state index contributed by atoms with van der Waals surface area (Å²) in [6.07, 6.45) is -1.11. The van der Waals surface area contributed by atoms with E-state index in [0.717, 1.165) is 5.56 Å². The molecular weight excluding hydrogens is 278 g/mol. The number of aromatic nitrogens is 1. The summed E-state index contributed by atoms with van der Waals surface area (Å²) in [5.41, 5.74) is 0.894. The third-order valence-electron chi connectivity index (χ3n) is 3.09. The van der Waals surface area contributed by atoms with E-state index in [1.54, 1.807) is 24.3 Å². The van der Waals surface area contributed by atoms with Crippen molar-refractivity contribution in [2.45, 2.75) is 19.0 Å². The van der Waals surface area contributed by atoms with E-state index in [4.69, 9.17) is 0 Å². The summed E-state index contributed by atoms with van der Waals surface area (Å²) < 4.78 is 26.1. The fraction of sp³-hybridized carbons (Fsp3) is 0.267. The second-order valence-corrected chi connectivity index (χ2v) is 4.56. The third-order valence-corrected chi connectivity index (χ3v) is 3.09. The summed E-state index contributed by atoms with van der Waals surface area (Å²) >= 11 is 0. The van der Waals surface area contributed by atoms with Gasteiger partial charge in [-0.1, -0.05) is 30.3 Å². The number of aliphatic hydroxyl groups excluding tert-OH is 1. The molecule has 0 fully saturated rings. The Hall–Kier alpha value is -2.21. The molecular formula is C15H16F2N2O2. The molecule has 1 aromatic heterocycles. The summed E-state index contributed by atoms with van der Waals surface area (Å²) in [7, 11) is 0. The van der Waals surface area contributed by atoms with Crippen LogP contribution in [0.25, 0.3) is 0 Å². The maximum atomic E-state index is 12.4. The average Bonchev–Trinajstić information content (AvgIpc) is 2.93. The lowest BCUT2D eigenvalue weighted by molar-refractivity contribution is 0.0894. The second kappa shape index (κ2) is 6.99. The predicted octanol–water partition coefficient (Wildman–Crippen LogP) is 2.22. The van der Waals surface area contributed by atoms with Crippen LogP contribution in [-0.4, -0.2) is 28.6 Å². The number of aliphatic hydroxyl groups is 1. The monoisotopic (exact) mass is 294 g/mol. The van der Waals surface area contributed by atoms with Crippen LogP contribution in [0, 0.1) is 0 Å². The van der Waals surface area contributed by atoms with Gasteiger partial charge in [0.2, 0.25) is 0 Å². The van der Waals surface area contributed by atoms with E-state index >= 15 is 0 Å². The zero-order chi connectivity index (χ0) is 15.2. The lowest BCUT2D eigenvalue weighted by atomic mass is 10.1. The Morgan fingerprint density at radius 3 is 2.52 bits per heavy atom. The Labute approximate surface area is 121 Å². The molecule has 0 radical (unpaired) electrons. The smallest absolute Gasteiger partial charge is 0.268 e. The van der Waals surface area contributed by atoms with Crippen molar-refractivity contribution in [1.82, 2.24) is 9.88 Å². The van der Waals surface area contributed by atoms with Crippen LogP contribution in [0.5, 0.6) is 0 Å². The van der Waals surface area contributed by atoms with Crippen LogP contribution >= 0.6 is 0 Å². The van der Waals surface area contributed by atoms with Crippen molar-refractivity contribution in [2.24, 2.45) is 0 Å². The Bertz CT molecular complexity index is 584. The molecule has 0 saturated carbocycles. The van der Waals surface area contributed by atoms with Gasteiger partial charge in [0.15, 0.2) is 0 Å². The highest BCUT2D eigenvalue weighted by molar-refractivity contribution is 5.93. The number of rotatable bonds is 6. The topological polar surface area (TPSA) is 54.3 Å². The molecule has 112 valence electrons. The molecule has 0 bridgehead atoms. The van der Waals surface area contributed by atoms with Crippen LogP contribution in [0.2, 0.25) is 0 Å². The Morgan fingerprint density at radius 1 is 1.19 bits per heavy atom. The van der Waals surface area contributed by atoms with Gasteiger partial charge in [-0.25, -0.2) is 8.78 Å². The first-order valence-corrected chi connectivity index (χ1v) is 6.51. The molecule has 2 N–H and O–H groups in total. The van der Waals surface area contributed by atoms with Crippen molar-refractivity contribution in [3.8, 4) is 0 Å². The number of nitrogens with one attached hydrogen (secondary N) is 1. The van der Waals surface area contributed by atoms with Crippen molar-refractivity contribution in [3.05, 3.63) is 59.9 Å². The van der Waals surface area contributed by atoms with E-state index in [2.05, 4.69) is 5.32 Å². The molecule has 1 amide bonds. The molecule has 2 rings (SSSR count). The molecule has 1 unspecified atom stereocenters. The summed E-state index contributed by atoms with van der Waals surface area (Å²) in [4.78, 5) is 12.2. The van der Waals surface area contributed by atoms with Crippen molar-refractivity contribution < 1.29 is 18.7 Å². The van der Waals surface area contributed by atoms with Crippen molar-refractivity contribution in [2.75, 3.05) is 6.61 Å². The molecule has 2 aromatic rings. The number of alkyl halides is 2. The normalized spacial score (nSPS) is 12.4. The quantitative estimate of drug-likeness (QED) is 0.858. The number of amides is 1. The van der Waals surface area contributed by atoms with Gasteiger partial charge in [-0.15, -0.1) is 0 Å². The molecule has 0 aliphatic carbocycles. The largest absolute Gasteiger partial charge is 0.394 e. The molecule has 1 atom stereocenters. The van der Waals surface area contributed by atoms with Crippen molar-refractivity contribution >= 4 is 5.91 Å². The van der Waals surface area contributed by atoms with Gasteiger partial charge < -0.3 is 15.0 Å². The van der Waals surface area contributed by atoms with E-state index in [-0.39, 0.29) is 12.3 Å². The van der Waals surface area contributed by atoms with E-state index in [0.29, 0.717) is 0 Å². The molecule has 21 heavy (non-hydrogen) atoms. The van der Waals surface area contributed by atoms with Gasteiger partial charge in [0.05, 0.1) is 19.2 Å². The molecule has 1 aromatic carbocycles. The summed E-state index contributed by atoms with van der Waals surface area (Å²) in [5, 5.41) is 12.0. The highest BCUT2D eigenvalue weighted by Gasteiger charge is 2.18. The Balaban J connectivity index is 2.12. The Morgan fingerprint density at radius 2 is 1.90 bits per heavy atom. The molecule has 0 saturated heterocycles.